The van der Waals surface area contributed by atoms with Crippen molar-refractivity contribution >= 4 is 50.5 Å². The number of sulfonamides is 1. The van der Waals surface area contributed by atoms with E-state index in [1.807, 2.05) is 0 Å². The minimum Gasteiger partial charge on any atom is -0.326 e. The average Bonchev–Trinajstić information content (AvgIpc) is 2.40. The third kappa shape index (κ3) is 5.56. The van der Waals surface area contributed by atoms with Gasteiger partial charge in [-0.2, -0.15) is 0 Å². The SMILES string of the molecule is CCC(=O)Nc1ccc(Cl)c(NS(=O)(=O)CCCCl)c1. The van der Waals surface area contributed by atoms with Crippen molar-refractivity contribution in [1.29, 1.82) is 0 Å². The molecule has 0 atom stereocenters. The van der Waals surface area contributed by atoms with Gasteiger partial charge in [0.2, 0.25) is 15.9 Å². The number of carbonyl (C=O) groups is 1. The Morgan fingerprint density at radius 2 is 2.05 bits per heavy atom. The maximum absolute atomic E-state index is 11.8. The van der Waals surface area contributed by atoms with E-state index in [0.717, 1.165) is 0 Å². The van der Waals surface area contributed by atoms with Crippen LogP contribution in [0.3, 0.4) is 0 Å². The van der Waals surface area contributed by atoms with Crippen LogP contribution in [-0.2, 0) is 14.8 Å². The van der Waals surface area contributed by atoms with E-state index in [0.29, 0.717) is 18.5 Å². The highest BCUT2D eigenvalue weighted by atomic mass is 35.5. The molecule has 0 radical (unpaired) electrons. The third-order valence-corrected chi connectivity index (χ3v) is 4.34. The molecule has 0 aliphatic carbocycles. The van der Waals surface area contributed by atoms with Crippen LogP contribution < -0.4 is 10.0 Å². The van der Waals surface area contributed by atoms with Crippen molar-refractivity contribution in [2.24, 2.45) is 0 Å². The largest absolute Gasteiger partial charge is 0.326 e. The van der Waals surface area contributed by atoms with E-state index in [-0.39, 0.29) is 28.3 Å². The van der Waals surface area contributed by atoms with Gasteiger partial charge in [0.05, 0.1) is 16.5 Å². The summed E-state index contributed by atoms with van der Waals surface area (Å²) in [5.74, 6) is 0.0165. The first kappa shape index (κ1) is 17.1. The van der Waals surface area contributed by atoms with Gasteiger partial charge in [0.25, 0.3) is 0 Å². The van der Waals surface area contributed by atoms with Crippen molar-refractivity contribution in [2.45, 2.75) is 19.8 Å². The van der Waals surface area contributed by atoms with Crippen LogP contribution >= 0.6 is 23.2 Å². The van der Waals surface area contributed by atoms with Gasteiger partial charge in [-0.15, -0.1) is 11.6 Å². The van der Waals surface area contributed by atoms with Gasteiger partial charge in [0, 0.05) is 18.0 Å². The molecule has 0 heterocycles. The van der Waals surface area contributed by atoms with Gasteiger partial charge in [-0.1, -0.05) is 18.5 Å². The molecule has 20 heavy (non-hydrogen) atoms. The number of alkyl halides is 1. The zero-order valence-electron chi connectivity index (χ0n) is 10.9. The molecule has 0 unspecified atom stereocenters. The summed E-state index contributed by atoms with van der Waals surface area (Å²) < 4.78 is 26.0. The average molecular weight is 339 g/mol. The second kappa shape index (κ2) is 7.71. The monoisotopic (exact) mass is 338 g/mol. The number of nitrogens with one attached hydrogen (secondary N) is 2. The highest BCUT2D eigenvalue weighted by Gasteiger charge is 2.13. The van der Waals surface area contributed by atoms with Crippen LogP contribution in [0, 0.1) is 0 Å². The Morgan fingerprint density at radius 3 is 2.65 bits per heavy atom. The number of amides is 1. The van der Waals surface area contributed by atoms with Gasteiger partial charge in [-0.3, -0.25) is 9.52 Å². The Hall–Kier alpha value is -0.980. The second-order valence-electron chi connectivity index (χ2n) is 4.06. The van der Waals surface area contributed by atoms with Crippen LogP contribution in [0.4, 0.5) is 11.4 Å². The number of carbonyl (C=O) groups excluding carboxylic acids is 1. The normalized spacial score (nSPS) is 11.2. The fourth-order valence-electron chi connectivity index (χ4n) is 1.39. The van der Waals surface area contributed by atoms with Gasteiger partial charge in [-0.05, 0) is 24.6 Å². The molecule has 0 aliphatic rings. The predicted octanol–water partition coefficient (Wildman–Crippen LogP) is 3.06. The first-order chi connectivity index (χ1) is 9.38. The Labute approximate surface area is 128 Å². The van der Waals surface area contributed by atoms with Gasteiger partial charge in [0.1, 0.15) is 0 Å². The lowest BCUT2D eigenvalue weighted by atomic mass is 10.2. The molecule has 2 N–H and O–H groups in total. The maximum atomic E-state index is 11.8. The highest BCUT2D eigenvalue weighted by Crippen LogP contribution is 2.26. The number of benzene rings is 1. The quantitative estimate of drug-likeness (QED) is 0.750. The lowest BCUT2D eigenvalue weighted by molar-refractivity contribution is -0.115. The second-order valence-corrected chi connectivity index (χ2v) is 6.69. The summed E-state index contributed by atoms with van der Waals surface area (Å²) in [7, 11) is -3.50. The molecule has 112 valence electrons. The zero-order chi connectivity index (χ0) is 15.2. The Bertz CT molecular complexity index is 576. The van der Waals surface area contributed by atoms with Gasteiger partial charge in [-0.25, -0.2) is 8.42 Å². The summed E-state index contributed by atoms with van der Waals surface area (Å²) in [4.78, 5) is 11.3. The molecule has 1 amide bonds. The number of hydrogen-bond donors (Lipinski definition) is 2. The first-order valence-corrected chi connectivity index (χ1v) is 8.60. The predicted molar refractivity (Wildman–Crippen MR) is 83.1 cm³/mol. The first-order valence-electron chi connectivity index (χ1n) is 6.04. The summed E-state index contributed by atoms with van der Waals surface area (Å²) in [6, 6.07) is 4.60. The van der Waals surface area contributed by atoms with Gasteiger partial charge < -0.3 is 5.32 Å². The molecule has 0 aromatic heterocycles. The minimum absolute atomic E-state index is 0.0849. The zero-order valence-corrected chi connectivity index (χ0v) is 13.3. The van der Waals surface area contributed by atoms with Crippen molar-refractivity contribution in [2.75, 3.05) is 21.7 Å². The summed E-state index contributed by atoms with van der Waals surface area (Å²) in [6.45, 7) is 1.72. The van der Waals surface area contributed by atoms with E-state index >= 15 is 0 Å². The molecular formula is C12H16Cl2N2O3S. The smallest absolute Gasteiger partial charge is 0.232 e. The lowest BCUT2D eigenvalue weighted by Crippen LogP contribution is -2.17. The molecule has 1 aromatic carbocycles. The third-order valence-electron chi connectivity index (χ3n) is 2.38. The molecule has 0 saturated carbocycles. The minimum atomic E-state index is -3.50. The summed E-state index contributed by atoms with van der Waals surface area (Å²) in [5, 5.41) is 2.89. The standard InChI is InChI=1S/C12H16Cl2N2O3S/c1-2-12(17)15-9-4-5-10(14)11(8-9)16-20(18,19)7-3-6-13/h4-5,8,16H,2-3,6-7H2,1H3,(H,15,17). The van der Waals surface area contributed by atoms with Crippen molar-refractivity contribution < 1.29 is 13.2 Å². The molecule has 0 saturated heterocycles. The van der Waals surface area contributed by atoms with Crippen LogP contribution in [-0.4, -0.2) is 26.0 Å². The van der Waals surface area contributed by atoms with E-state index < -0.39 is 10.0 Å². The fourth-order valence-corrected chi connectivity index (χ4v) is 3.04. The molecular weight excluding hydrogens is 323 g/mol. The van der Waals surface area contributed by atoms with Crippen LogP contribution in [0.5, 0.6) is 0 Å². The van der Waals surface area contributed by atoms with E-state index in [1.165, 1.54) is 12.1 Å². The van der Waals surface area contributed by atoms with E-state index in [4.69, 9.17) is 23.2 Å². The van der Waals surface area contributed by atoms with Gasteiger partial charge in [0.15, 0.2) is 0 Å². The molecule has 1 rings (SSSR count). The molecule has 0 bridgehead atoms. The van der Waals surface area contributed by atoms with Crippen LogP contribution in [0.2, 0.25) is 5.02 Å². The summed E-state index contributed by atoms with van der Waals surface area (Å²) in [6.07, 6.45) is 0.681. The molecule has 8 heteroatoms. The fraction of sp³-hybridized carbons (Fsp3) is 0.417. The molecule has 1 aromatic rings. The topological polar surface area (TPSA) is 75.3 Å². The van der Waals surface area contributed by atoms with E-state index in [9.17, 15) is 13.2 Å². The Kier molecular flexibility index (Phi) is 6.58. The lowest BCUT2D eigenvalue weighted by Gasteiger charge is -2.11. The van der Waals surface area contributed by atoms with Gasteiger partial charge >= 0.3 is 0 Å². The molecule has 0 aliphatic heterocycles. The van der Waals surface area contributed by atoms with E-state index in [2.05, 4.69) is 10.0 Å². The van der Waals surface area contributed by atoms with Crippen LogP contribution in [0.1, 0.15) is 19.8 Å². The summed E-state index contributed by atoms with van der Waals surface area (Å²) >= 11 is 11.4. The number of anilines is 2. The van der Waals surface area contributed by atoms with Crippen LogP contribution in [0.15, 0.2) is 18.2 Å². The molecule has 0 spiro atoms. The highest BCUT2D eigenvalue weighted by molar-refractivity contribution is 7.92. The Balaban J connectivity index is 2.89. The van der Waals surface area contributed by atoms with E-state index in [1.54, 1.807) is 13.0 Å². The number of halogens is 2. The maximum Gasteiger partial charge on any atom is 0.232 e. The van der Waals surface area contributed by atoms with Crippen molar-refractivity contribution in [3.63, 3.8) is 0 Å². The van der Waals surface area contributed by atoms with Crippen molar-refractivity contribution in [3.05, 3.63) is 23.2 Å². The summed E-state index contributed by atoms with van der Waals surface area (Å²) in [5.41, 5.74) is 0.714. The number of hydrogen-bond acceptors (Lipinski definition) is 3. The number of rotatable bonds is 7. The van der Waals surface area contributed by atoms with Crippen molar-refractivity contribution in [3.8, 4) is 0 Å². The molecule has 0 fully saturated rings. The van der Waals surface area contributed by atoms with Crippen molar-refractivity contribution in [1.82, 2.24) is 0 Å². The Morgan fingerprint density at radius 1 is 1.35 bits per heavy atom. The molecule has 5 nitrogen and oxygen atoms in total. The van der Waals surface area contributed by atoms with Crippen LogP contribution in [0.25, 0.3) is 0 Å².